The molecule has 2 aromatic carbocycles. The van der Waals surface area contributed by atoms with E-state index in [4.69, 9.17) is 9.72 Å². The van der Waals surface area contributed by atoms with Crippen molar-refractivity contribution >= 4 is 33.4 Å². The fraction of sp³-hybridized carbons (Fsp3) is 0.321. The van der Waals surface area contributed by atoms with Gasteiger partial charge in [0, 0.05) is 36.8 Å². The Bertz CT molecular complexity index is 1520. The zero-order chi connectivity index (χ0) is 26.8. The molecule has 38 heavy (non-hydrogen) atoms. The third-order valence-corrected chi connectivity index (χ3v) is 7.96. The molecule has 10 heteroatoms. The highest BCUT2D eigenvalue weighted by molar-refractivity contribution is 7.19. The third kappa shape index (κ3) is 5.22. The lowest BCUT2D eigenvalue weighted by molar-refractivity contribution is -0.0561. The Balaban J connectivity index is 1.48. The van der Waals surface area contributed by atoms with E-state index in [0.717, 1.165) is 39.1 Å². The summed E-state index contributed by atoms with van der Waals surface area (Å²) in [6.07, 6.45) is 1.60. The molecule has 9 nitrogen and oxygen atoms in total. The zero-order valence-corrected chi connectivity index (χ0v) is 22.6. The van der Waals surface area contributed by atoms with Crippen LogP contribution in [0, 0.1) is 18.3 Å². The van der Waals surface area contributed by atoms with Crippen molar-refractivity contribution in [2.75, 3.05) is 39.1 Å². The Morgan fingerprint density at radius 3 is 2.89 bits per heavy atom. The predicted molar refractivity (Wildman–Crippen MR) is 149 cm³/mol. The summed E-state index contributed by atoms with van der Waals surface area (Å²) < 4.78 is 5.79. The number of amides is 2. The number of rotatable bonds is 5. The lowest BCUT2D eigenvalue weighted by Crippen LogP contribution is -2.54. The summed E-state index contributed by atoms with van der Waals surface area (Å²) in [5.41, 5.74) is 4.74. The second-order valence-corrected chi connectivity index (χ2v) is 10.5. The number of aryl methyl sites for hydroxylation is 1. The van der Waals surface area contributed by atoms with Gasteiger partial charge in [-0.1, -0.05) is 29.5 Å². The Kier molecular flexibility index (Phi) is 7.33. The van der Waals surface area contributed by atoms with E-state index in [2.05, 4.69) is 33.3 Å². The monoisotopic (exact) mass is 527 g/mol. The van der Waals surface area contributed by atoms with E-state index in [1.165, 1.54) is 11.3 Å². The van der Waals surface area contributed by atoms with Gasteiger partial charge in [0.2, 0.25) is 0 Å². The summed E-state index contributed by atoms with van der Waals surface area (Å²) in [6.45, 7) is 6.05. The number of fused-ring (bicyclic) bond motifs is 1. The number of aromatic nitrogens is 3. The van der Waals surface area contributed by atoms with Crippen molar-refractivity contribution in [3.05, 3.63) is 60.0 Å². The second-order valence-electron chi connectivity index (χ2n) is 9.51. The van der Waals surface area contributed by atoms with Crippen molar-refractivity contribution in [2.24, 2.45) is 0 Å². The molecule has 5 rings (SSSR count). The van der Waals surface area contributed by atoms with Gasteiger partial charge in [-0.25, -0.2) is 19.7 Å². The lowest BCUT2D eigenvalue weighted by atomic mass is 10.0. The summed E-state index contributed by atoms with van der Waals surface area (Å²) in [5.74, 6) is 0. The first-order chi connectivity index (χ1) is 18.3. The number of nitrogens with zero attached hydrogens (tertiary/aromatic N) is 6. The van der Waals surface area contributed by atoms with Gasteiger partial charge in [-0.3, -0.25) is 10.2 Å². The number of hydrogen-bond acceptors (Lipinski definition) is 8. The molecule has 0 unspecified atom stereocenters. The van der Waals surface area contributed by atoms with Crippen molar-refractivity contribution in [1.82, 2.24) is 24.8 Å². The van der Waals surface area contributed by atoms with E-state index in [0.29, 0.717) is 29.5 Å². The minimum Gasteiger partial charge on any atom is -0.375 e. The number of carbonyl (C=O) groups excluding carboxylic acids is 1. The van der Waals surface area contributed by atoms with E-state index in [1.807, 2.05) is 50.2 Å². The van der Waals surface area contributed by atoms with Crippen LogP contribution in [0.25, 0.3) is 32.6 Å². The van der Waals surface area contributed by atoms with Gasteiger partial charge in [-0.05, 0) is 50.7 Å². The molecule has 0 bridgehead atoms. The number of anilines is 1. The van der Waals surface area contributed by atoms with Crippen LogP contribution in [0.2, 0.25) is 0 Å². The van der Waals surface area contributed by atoms with E-state index >= 15 is 0 Å². The van der Waals surface area contributed by atoms with Gasteiger partial charge in [0.25, 0.3) is 0 Å². The Morgan fingerprint density at radius 1 is 1.26 bits per heavy atom. The molecule has 0 saturated carbocycles. The van der Waals surface area contributed by atoms with Gasteiger partial charge in [0.15, 0.2) is 5.13 Å². The average molecular weight is 528 g/mol. The van der Waals surface area contributed by atoms with Gasteiger partial charge < -0.3 is 9.64 Å². The van der Waals surface area contributed by atoms with E-state index in [9.17, 15) is 10.1 Å². The third-order valence-electron chi connectivity index (χ3n) is 6.94. The van der Waals surface area contributed by atoms with Gasteiger partial charge in [-0.15, -0.1) is 0 Å². The van der Waals surface area contributed by atoms with Crippen molar-refractivity contribution in [1.29, 1.82) is 5.26 Å². The largest absolute Gasteiger partial charge is 0.375 e. The van der Waals surface area contributed by atoms with Crippen molar-refractivity contribution in [2.45, 2.75) is 26.0 Å². The summed E-state index contributed by atoms with van der Waals surface area (Å²) in [5, 5.41) is 13.9. The zero-order valence-electron chi connectivity index (χ0n) is 21.8. The standard InChI is InChI=1S/C28H29N7O2S/c1-17-22-13-21(8-9-23(22)31-16-30-17)26-25(20-7-5-6-19(12-20)14-29)32-27(38-26)33-28(36)35(4)15-24-18(2)37-11-10-34(24)3/h5-9,12-13,16,18,24H,10-11,15H2,1-4H3,(H,32,33,36)/t18-,24+/m0/s1. The molecule has 1 saturated heterocycles. The molecule has 3 heterocycles. The van der Waals surface area contributed by atoms with Gasteiger partial charge in [-0.2, -0.15) is 5.26 Å². The summed E-state index contributed by atoms with van der Waals surface area (Å²) >= 11 is 1.40. The fourth-order valence-corrected chi connectivity index (χ4v) is 5.66. The van der Waals surface area contributed by atoms with Crippen LogP contribution in [0.5, 0.6) is 0 Å². The SMILES string of the molecule is Cc1ncnc2ccc(-c3sc(NC(=O)N(C)C[C@@H]4[C@H](C)OCCN4C)nc3-c3cccc(C#N)c3)cc12. The summed E-state index contributed by atoms with van der Waals surface area (Å²) in [6, 6.07) is 15.4. The van der Waals surface area contributed by atoms with Crippen LogP contribution < -0.4 is 5.32 Å². The van der Waals surface area contributed by atoms with Crippen LogP contribution in [0.4, 0.5) is 9.93 Å². The van der Waals surface area contributed by atoms with Crippen LogP contribution in [0.1, 0.15) is 18.2 Å². The number of hydrogen-bond donors (Lipinski definition) is 1. The van der Waals surface area contributed by atoms with Crippen molar-refractivity contribution < 1.29 is 9.53 Å². The van der Waals surface area contributed by atoms with Gasteiger partial charge in [0.05, 0.1) is 46.5 Å². The van der Waals surface area contributed by atoms with Crippen LogP contribution in [-0.4, -0.2) is 76.7 Å². The number of morpholine rings is 1. The minimum atomic E-state index is -0.239. The molecule has 0 radical (unpaired) electrons. The summed E-state index contributed by atoms with van der Waals surface area (Å²) in [4.78, 5) is 31.5. The first-order valence-corrected chi connectivity index (χ1v) is 13.2. The number of urea groups is 1. The molecule has 2 aromatic heterocycles. The molecular formula is C28H29N7O2S. The molecule has 1 aliphatic rings. The van der Waals surface area contributed by atoms with Crippen molar-refractivity contribution in [3.8, 4) is 27.8 Å². The van der Waals surface area contributed by atoms with Crippen LogP contribution in [-0.2, 0) is 4.74 Å². The lowest BCUT2D eigenvalue weighted by Gasteiger charge is -2.39. The molecule has 4 aromatic rings. The molecule has 1 N–H and O–H groups in total. The predicted octanol–water partition coefficient (Wildman–Crippen LogP) is 4.78. The molecule has 0 aliphatic carbocycles. The highest BCUT2D eigenvalue weighted by Gasteiger charge is 2.29. The van der Waals surface area contributed by atoms with Gasteiger partial charge >= 0.3 is 6.03 Å². The molecule has 0 spiro atoms. The average Bonchev–Trinajstić information content (AvgIpc) is 3.34. The molecule has 1 aliphatic heterocycles. The van der Waals surface area contributed by atoms with Crippen LogP contribution in [0.3, 0.4) is 0 Å². The number of benzene rings is 2. The number of carbonyl (C=O) groups is 1. The molecule has 1 fully saturated rings. The maximum atomic E-state index is 13.2. The maximum absolute atomic E-state index is 13.2. The molecule has 194 valence electrons. The highest BCUT2D eigenvalue weighted by Crippen LogP contribution is 2.40. The first-order valence-electron chi connectivity index (χ1n) is 12.4. The van der Waals surface area contributed by atoms with E-state index < -0.39 is 0 Å². The summed E-state index contributed by atoms with van der Waals surface area (Å²) in [7, 11) is 3.84. The maximum Gasteiger partial charge on any atom is 0.323 e. The fourth-order valence-electron chi connectivity index (χ4n) is 4.68. The number of nitriles is 1. The molecule has 2 amide bonds. The van der Waals surface area contributed by atoms with E-state index in [1.54, 1.807) is 24.3 Å². The van der Waals surface area contributed by atoms with E-state index in [-0.39, 0.29) is 18.2 Å². The smallest absolute Gasteiger partial charge is 0.323 e. The van der Waals surface area contributed by atoms with Gasteiger partial charge in [0.1, 0.15) is 6.33 Å². The molecule has 2 atom stereocenters. The molecular weight excluding hydrogens is 498 g/mol. The Hall–Kier alpha value is -3.91. The topological polar surface area (TPSA) is 107 Å². The normalized spacial score (nSPS) is 17.8. The first kappa shape index (κ1) is 25.7. The quantitative estimate of drug-likeness (QED) is 0.398. The second kappa shape index (κ2) is 10.8. The Morgan fingerprint density at radius 2 is 2.11 bits per heavy atom. The highest BCUT2D eigenvalue weighted by atomic mass is 32.1. The Labute approximate surface area is 225 Å². The number of nitrogens with one attached hydrogen (secondary N) is 1. The van der Waals surface area contributed by atoms with Crippen molar-refractivity contribution in [3.63, 3.8) is 0 Å². The van der Waals surface area contributed by atoms with Crippen LogP contribution >= 0.6 is 11.3 Å². The number of thiazole rings is 1. The van der Waals surface area contributed by atoms with Crippen LogP contribution in [0.15, 0.2) is 48.8 Å². The minimum absolute atomic E-state index is 0.0369. The number of likely N-dealkylation sites (N-methyl/N-ethyl adjacent to an activating group) is 2. The number of ether oxygens (including phenoxy) is 1.